The van der Waals surface area contributed by atoms with Crippen LogP contribution in [0, 0.1) is 0 Å². The highest BCUT2D eigenvalue weighted by Gasteiger charge is 2.22. The van der Waals surface area contributed by atoms with Crippen LogP contribution in [0.5, 0.6) is 0 Å². The Hall–Kier alpha value is -1.59. The molecule has 1 heterocycles. The Morgan fingerprint density at radius 3 is 2.90 bits per heavy atom. The lowest BCUT2D eigenvalue weighted by Gasteiger charge is -2.29. The van der Waals surface area contributed by atoms with E-state index in [2.05, 4.69) is 5.32 Å². The molecule has 0 aromatic heterocycles. The van der Waals surface area contributed by atoms with Gasteiger partial charge in [-0.2, -0.15) is 0 Å². The summed E-state index contributed by atoms with van der Waals surface area (Å²) in [5.74, 6) is 0.0214. The molecule has 1 atom stereocenters. The topological polar surface area (TPSA) is 50.8 Å². The molecule has 2 rings (SSSR count). The maximum Gasteiger partial charge on any atom is 0.254 e. The van der Waals surface area contributed by atoms with Crippen LogP contribution in [0.1, 0.15) is 22.8 Å². The van der Waals surface area contributed by atoms with Crippen LogP contribution in [0.25, 0.3) is 0 Å². The number of nitrogens with one attached hydrogen (secondary N) is 1. The first-order chi connectivity index (χ1) is 10.2. The molecule has 0 radical (unpaired) electrons. The third-order valence-electron chi connectivity index (χ3n) is 3.80. The number of carbonyl (C=O) groups is 1. The van der Waals surface area contributed by atoms with Crippen LogP contribution in [0.15, 0.2) is 18.2 Å². The third-order valence-corrected chi connectivity index (χ3v) is 3.80. The molecule has 0 aliphatic carbocycles. The van der Waals surface area contributed by atoms with E-state index in [4.69, 9.17) is 9.47 Å². The third kappa shape index (κ3) is 3.74. The van der Waals surface area contributed by atoms with Gasteiger partial charge in [0.25, 0.3) is 5.91 Å². The molecule has 1 aromatic carbocycles. The second kappa shape index (κ2) is 7.43. The number of anilines is 1. The monoisotopic (exact) mass is 292 g/mol. The molecule has 1 unspecified atom stereocenters. The van der Waals surface area contributed by atoms with Gasteiger partial charge in [0.2, 0.25) is 0 Å². The van der Waals surface area contributed by atoms with E-state index < -0.39 is 0 Å². The number of methoxy groups -OCH3 is 2. The van der Waals surface area contributed by atoms with Crippen molar-refractivity contribution >= 4 is 11.6 Å². The lowest BCUT2D eigenvalue weighted by atomic mass is 10.1. The van der Waals surface area contributed by atoms with Gasteiger partial charge in [-0.15, -0.1) is 0 Å². The van der Waals surface area contributed by atoms with Crippen molar-refractivity contribution in [3.63, 3.8) is 0 Å². The molecule has 5 nitrogen and oxygen atoms in total. The van der Waals surface area contributed by atoms with Crippen LogP contribution >= 0.6 is 0 Å². The number of fused-ring (bicyclic) bond motifs is 1. The van der Waals surface area contributed by atoms with E-state index in [1.54, 1.807) is 14.2 Å². The van der Waals surface area contributed by atoms with Gasteiger partial charge in [-0.05, 0) is 31.0 Å². The predicted molar refractivity (Wildman–Crippen MR) is 82.9 cm³/mol. The summed E-state index contributed by atoms with van der Waals surface area (Å²) in [6, 6.07) is 5.91. The Balaban J connectivity index is 2.16. The van der Waals surface area contributed by atoms with Crippen molar-refractivity contribution in [3.05, 3.63) is 29.3 Å². The minimum absolute atomic E-state index is 0.0128. The Kier molecular flexibility index (Phi) is 5.59. The molecule has 0 bridgehead atoms. The van der Waals surface area contributed by atoms with Crippen LogP contribution in [0.2, 0.25) is 0 Å². The number of benzene rings is 1. The fraction of sp³-hybridized carbons (Fsp3) is 0.562. The van der Waals surface area contributed by atoms with E-state index >= 15 is 0 Å². The van der Waals surface area contributed by atoms with Crippen LogP contribution in [0.4, 0.5) is 5.69 Å². The van der Waals surface area contributed by atoms with Gasteiger partial charge in [0.05, 0.1) is 19.3 Å². The van der Waals surface area contributed by atoms with Crippen molar-refractivity contribution in [1.29, 1.82) is 0 Å². The molecule has 21 heavy (non-hydrogen) atoms. The number of rotatable bonds is 7. The molecule has 0 spiro atoms. The first-order valence-electron chi connectivity index (χ1n) is 7.33. The van der Waals surface area contributed by atoms with E-state index in [-0.39, 0.29) is 11.9 Å². The lowest BCUT2D eigenvalue weighted by molar-refractivity contribution is 0.0479. The first-order valence-corrected chi connectivity index (χ1v) is 7.33. The number of ether oxygens (including phenoxy) is 2. The fourth-order valence-corrected chi connectivity index (χ4v) is 2.63. The normalized spacial score (nSPS) is 14.4. The van der Waals surface area contributed by atoms with Gasteiger partial charge in [0.1, 0.15) is 0 Å². The van der Waals surface area contributed by atoms with Gasteiger partial charge in [0, 0.05) is 38.6 Å². The maximum atomic E-state index is 12.8. The van der Waals surface area contributed by atoms with Gasteiger partial charge in [-0.25, -0.2) is 0 Å². The number of amides is 1. The Morgan fingerprint density at radius 1 is 1.38 bits per heavy atom. The molecule has 1 amide bonds. The Labute approximate surface area is 126 Å². The number of hydrogen-bond acceptors (Lipinski definition) is 4. The van der Waals surface area contributed by atoms with Crippen LogP contribution < -0.4 is 5.32 Å². The van der Waals surface area contributed by atoms with Crippen molar-refractivity contribution in [2.24, 2.45) is 0 Å². The molecule has 1 aliphatic rings. The van der Waals surface area contributed by atoms with Gasteiger partial charge in [-0.1, -0.05) is 6.07 Å². The molecule has 0 saturated heterocycles. The standard InChI is InChI=1S/C16H24N2O3/c1-12(11-21-3)18(8-9-20-2)16(19)14-5-4-13-6-7-17-15(13)10-14/h4-5,10,12,17H,6-9,11H2,1-3H3. The van der Waals surface area contributed by atoms with Gasteiger partial charge in [0.15, 0.2) is 0 Å². The Morgan fingerprint density at radius 2 is 2.19 bits per heavy atom. The summed E-state index contributed by atoms with van der Waals surface area (Å²) in [5.41, 5.74) is 3.06. The lowest BCUT2D eigenvalue weighted by Crippen LogP contribution is -2.43. The zero-order valence-electron chi connectivity index (χ0n) is 13.0. The van der Waals surface area contributed by atoms with E-state index in [1.165, 1.54) is 5.56 Å². The zero-order chi connectivity index (χ0) is 15.2. The molecule has 5 heteroatoms. The first kappa shape index (κ1) is 15.8. The largest absolute Gasteiger partial charge is 0.384 e. The zero-order valence-corrected chi connectivity index (χ0v) is 13.0. The number of hydrogen-bond donors (Lipinski definition) is 1. The van der Waals surface area contributed by atoms with Gasteiger partial charge >= 0.3 is 0 Å². The highest BCUT2D eigenvalue weighted by atomic mass is 16.5. The quantitative estimate of drug-likeness (QED) is 0.832. The average Bonchev–Trinajstić information content (AvgIpc) is 2.95. The molecule has 116 valence electrons. The summed E-state index contributed by atoms with van der Waals surface area (Å²) in [6.45, 7) is 4.52. The summed E-state index contributed by atoms with van der Waals surface area (Å²) in [6.07, 6.45) is 1.03. The summed E-state index contributed by atoms with van der Waals surface area (Å²) in [5, 5.41) is 3.31. The second-order valence-electron chi connectivity index (χ2n) is 5.34. The molecule has 1 N–H and O–H groups in total. The van der Waals surface area contributed by atoms with Crippen LogP contribution in [-0.4, -0.2) is 57.4 Å². The Bertz CT molecular complexity index is 490. The van der Waals surface area contributed by atoms with Crippen molar-refractivity contribution in [3.8, 4) is 0 Å². The minimum atomic E-state index is 0.0128. The van der Waals surface area contributed by atoms with Crippen molar-refractivity contribution in [2.45, 2.75) is 19.4 Å². The number of carbonyl (C=O) groups excluding carboxylic acids is 1. The van der Waals surface area contributed by atoms with E-state index in [9.17, 15) is 4.79 Å². The van der Waals surface area contributed by atoms with Crippen LogP contribution in [-0.2, 0) is 15.9 Å². The summed E-state index contributed by atoms with van der Waals surface area (Å²) in [7, 11) is 3.29. The fourth-order valence-electron chi connectivity index (χ4n) is 2.63. The predicted octanol–water partition coefficient (Wildman–Crippen LogP) is 1.78. The highest BCUT2D eigenvalue weighted by Crippen LogP contribution is 2.24. The summed E-state index contributed by atoms with van der Waals surface area (Å²) in [4.78, 5) is 14.6. The summed E-state index contributed by atoms with van der Waals surface area (Å²) >= 11 is 0. The molecule has 0 fully saturated rings. The van der Waals surface area contributed by atoms with Crippen LogP contribution in [0.3, 0.4) is 0 Å². The molecule has 0 saturated carbocycles. The van der Waals surface area contributed by atoms with Crippen molar-refractivity contribution in [2.75, 3.05) is 45.8 Å². The van der Waals surface area contributed by atoms with Crippen molar-refractivity contribution in [1.82, 2.24) is 4.90 Å². The molecule has 1 aromatic rings. The maximum absolute atomic E-state index is 12.8. The minimum Gasteiger partial charge on any atom is -0.384 e. The van der Waals surface area contributed by atoms with E-state index in [0.29, 0.717) is 25.3 Å². The van der Waals surface area contributed by atoms with E-state index in [1.807, 2.05) is 30.0 Å². The highest BCUT2D eigenvalue weighted by molar-refractivity contribution is 5.95. The molecule has 1 aliphatic heterocycles. The number of nitrogens with zero attached hydrogens (tertiary/aromatic N) is 1. The average molecular weight is 292 g/mol. The smallest absolute Gasteiger partial charge is 0.254 e. The van der Waals surface area contributed by atoms with E-state index in [0.717, 1.165) is 18.7 Å². The van der Waals surface area contributed by atoms with Gasteiger partial charge in [-0.3, -0.25) is 4.79 Å². The molecular formula is C16H24N2O3. The summed E-state index contributed by atoms with van der Waals surface area (Å²) < 4.78 is 10.3. The second-order valence-corrected chi connectivity index (χ2v) is 5.34. The van der Waals surface area contributed by atoms with Gasteiger partial charge < -0.3 is 19.7 Å². The van der Waals surface area contributed by atoms with Crippen molar-refractivity contribution < 1.29 is 14.3 Å². The molecular weight excluding hydrogens is 268 g/mol. The SMILES string of the molecule is COCCN(C(=O)c1ccc2c(c1)NCC2)C(C)COC.